The predicted molar refractivity (Wildman–Crippen MR) is 170 cm³/mol. The van der Waals surface area contributed by atoms with Crippen molar-refractivity contribution >= 4 is 0 Å². The summed E-state index contributed by atoms with van der Waals surface area (Å²) in [6, 6.07) is 19.4. The Morgan fingerprint density at radius 1 is 0.450 bits per heavy atom. The zero-order valence-electron chi connectivity index (χ0n) is 27.2. The van der Waals surface area contributed by atoms with Crippen LogP contribution in [-0.2, 0) is 41.3 Å². The van der Waals surface area contributed by atoms with Gasteiger partial charge in [-0.15, -0.1) is 0 Å². The SMILES string of the molecule is CC(C)(C)c1cc(CN(Cc2ccccc2)Cc2cc(C(C)(C)C)c(O)c(C(C)(C)C)c2)cc(C(C)(C)C)c1O. The zero-order valence-corrected chi connectivity index (χ0v) is 27.2. The van der Waals surface area contributed by atoms with Crippen LogP contribution >= 0.6 is 0 Å². The lowest BCUT2D eigenvalue weighted by atomic mass is 9.78. The highest BCUT2D eigenvalue weighted by Gasteiger charge is 2.29. The topological polar surface area (TPSA) is 43.7 Å². The molecule has 3 aromatic rings. The fourth-order valence-electron chi connectivity index (χ4n) is 5.38. The van der Waals surface area contributed by atoms with Crippen LogP contribution in [0, 0.1) is 0 Å². The van der Waals surface area contributed by atoms with E-state index in [0.29, 0.717) is 11.5 Å². The Labute approximate surface area is 244 Å². The van der Waals surface area contributed by atoms with Crippen molar-refractivity contribution in [3.63, 3.8) is 0 Å². The molecule has 3 heteroatoms. The highest BCUT2D eigenvalue weighted by Crippen LogP contribution is 2.42. The average Bonchev–Trinajstić information content (AvgIpc) is 2.78. The summed E-state index contributed by atoms with van der Waals surface area (Å²) < 4.78 is 0. The predicted octanol–water partition coefficient (Wildman–Crippen LogP) is 9.49. The first-order chi connectivity index (χ1) is 18.2. The van der Waals surface area contributed by atoms with Crippen LogP contribution in [0.25, 0.3) is 0 Å². The van der Waals surface area contributed by atoms with Gasteiger partial charge in [0.05, 0.1) is 0 Å². The second-order valence-electron chi connectivity index (χ2n) is 15.7. The molecule has 3 aromatic carbocycles. The van der Waals surface area contributed by atoms with Crippen LogP contribution in [0.4, 0.5) is 0 Å². The Morgan fingerprint density at radius 3 is 1.00 bits per heavy atom. The van der Waals surface area contributed by atoms with Crippen molar-refractivity contribution < 1.29 is 10.2 Å². The van der Waals surface area contributed by atoms with E-state index >= 15 is 0 Å². The minimum Gasteiger partial charge on any atom is -0.507 e. The molecule has 0 aromatic heterocycles. The van der Waals surface area contributed by atoms with Crippen molar-refractivity contribution in [2.45, 2.75) is 124 Å². The van der Waals surface area contributed by atoms with E-state index in [0.717, 1.165) is 41.9 Å². The molecule has 0 spiro atoms. The number of hydrogen-bond donors (Lipinski definition) is 2. The van der Waals surface area contributed by atoms with E-state index < -0.39 is 0 Å². The number of phenols is 2. The maximum Gasteiger partial charge on any atom is 0.123 e. The number of nitrogens with zero attached hydrogens (tertiary/aromatic N) is 1. The molecular weight excluding hydrogens is 490 g/mol. The highest BCUT2D eigenvalue weighted by atomic mass is 16.3. The number of phenolic OH excluding ortho intramolecular Hbond substituents is 2. The second-order valence-corrected chi connectivity index (χ2v) is 15.7. The molecule has 0 bridgehead atoms. The molecule has 0 unspecified atom stereocenters. The number of aromatic hydroxyl groups is 2. The highest BCUT2D eigenvalue weighted by molar-refractivity contribution is 5.51. The summed E-state index contributed by atoms with van der Waals surface area (Å²) in [5.74, 6) is 0.836. The van der Waals surface area contributed by atoms with E-state index in [2.05, 4.69) is 143 Å². The molecule has 3 rings (SSSR count). The maximum absolute atomic E-state index is 11.3. The minimum absolute atomic E-state index is 0.176. The van der Waals surface area contributed by atoms with Crippen LogP contribution in [0.3, 0.4) is 0 Å². The summed E-state index contributed by atoms with van der Waals surface area (Å²) in [6.07, 6.45) is 0. The van der Waals surface area contributed by atoms with Gasteiger partial charge in [-0.1, -0.05) is 138 Å². The molecule has 0 radical (unpaired) electrons. The standard InChI is InChI=1S/C37H53NO2/c1-34(2,3)28-18-26(19-29(32(28)39)35(4,5)6)23-38(22-25-16-14-13-15-17-25)24-27-20-30(36(7,8)9)33(40)31(21-27)37(10,11)12/h13-21,39-40H,22-24H2,1-12H3. The maximum atomic E-state index is 11.3. The van der Waals surface area contributed by atoms with E-state index in [1.807, 2.05) is 0 Å². The van der Waals surface area contributed by atoms with Gasteiger partial charge in [0.2, 0.25) is 0 Å². The second kappa shape index (κ2) is 11.2. The molecule has 0 aliphatic rings. The first-order valence-electron chi connectivity index (χ1n) is 14.7. The zero-order chi connectivity index (χ0) is 30.3. The van der Waals surface area contributed by atoms with Gasteiger partial charge in [0.1, 0.15) is 11.5 Å². The Balaban J connectivity index is 2.14. The Morgan fingerprint density at radius 2 is 0.725 bits per heavy atom. The van der Waals surface area contributed by atoms with Crippen LogP contribution in [0.1, 0.15) is 122 Å². The number of rotatable bonds is 6. The van der Waals surface area contributed by atoms with Crippen LogP contribution in [0.2, 0.25) is 0 Å². The molecule has 0 amide bonds. The third kappa shape index (κ3) is 7.69. The third-order valence-electron chi connectivity index (χ3n) is 7.63. The third-order valence-corrected chi connectivity index (χ3v) is 7.63. The number of benzene rings is 3. The molecule has 2 N–H and O–H groups in total. The Hall–Kier alpha value is -2.78. The van der Waals surface area contributed by atoms with E-state index in [9.17, 15) is 10.2 Å². The van der Waals surface area contributed by atoms with Gasteiger partial charge in [0.15, 0.2) is 0 Å². The molecule has 40 heavy (non-hydrogen) atoms. The fraction of sp³-hybridized carbons (Fsp3) is 0.514. The van der Waals surface area contributed by atoms with E-state index in [1.165, 1.54) is 16.7 Å². The van der Waals surface area contributed by atoms with Gasteiger partial charge in [-0.3, -0.25) is 4.90 Å². The molecule has 0 aliphatic heterocycles. The van der Waals surface area contributed by atoms with Gasteiger partial charge in [0, 0.05) is 19.6 Å². The summed E-state index contributed by atoms with van der Waals surface area (Å²) in [6.45, 7) is 28.3. The number of hydrogen-bond acceptors (Lipinski definition) is 3. The molecule has 218 valence electrons. The lowest BCUT2D eigenvalue weighted by Crippen LogP contribution is -2.25. The van der Waals surface area contributed by atoms with Gasteiger partial charge < -0.3 is 10.2 Å². The molecule has 0 heterocycles. The van der Waals surface area contributed by atoms with Gasteiger partial charge in [-0.2, -0.15) is 0 Å². The van der Waals surface area contributed by atoms with Crippen molar-refractivity contribution in [1.82, 2.24) is 4.90 Å². The first kappa shape index (κ1) is 31.7. The van der Waals surface area contributed by atoms with Crippen LogP contribution in [-0.4, -0.2) is 15.1 Å². The van der Waals surface area contributed by atoms with Gasteiger partial charge in [-0.25, -0.2) is 0 Å². The Kier molecular flexibility index (Phi) is 8.92. The summed E-state index contributed by atoms with van der Waals surface area (Å²) in [4.78, 5) is 2.48. The van der Waals surface area contributed by atoms with Gasteiger partial charge in [-0.05, 0) is 60.6 Å². The Bertz CT molecular complexity index is 1160. The fourth-order valence-corrected chi connectivity index (χ4v) is 5.38. The first-order valence-corrected chi connectivity index (χ1v) is 14.7. The minimum atomic E-state index is -0.176. The largest absolute Gasteiger partial charge is 0.507 e. The van der Waals surface area contributed by atoms with Crippen LogP contribution < -0.4 is 0 Å². The summed E-state index contributed by atoms with van der Waals surface area (Å²) in [5, 5.41) is 22.6. The summed E-state index contributed by atoms with van der Waals surface area (Å²) >= 11 is 0. The quantitative estimate of drug-likeness (QED) is 0.325. The molecular formula is C37H53NO2. The van der Waals surface area contributed by atoms with Crippen molar-refractivity contribution in [3.05, 3.63) is 93.5 Å². The van der Waals surface area contributed by atoms with E-state index in [1.54, 1.807) is 0 Å². The van der Waals surface area contributed by atoms with E-state index in [-0.39, 0.29) is 21.7 Å². The van der Waals surface area contributed by atoms with Crippen molar-refractivity contribution in [1.29, 1.82) is 0 Å². The normalized spacial score (nSPS) is 13.2. The lowest BCUT2D eigenvalue weighted by molar-refractivity contribution is 0.246. The smallest absolute Gasteiger partial charge is 0.123 e. The summed E-state index contributed by atoms with van der Waals surface area (Å²) in [5.41, 5.74) is 6.93. The molecule has 3 nitrogen and oxygen atoms in total. The molecule has 0 saturated heterocycles. The molecule has 0 atom stereocenters. The van der Waals surface area contributed by atoms with Crippen molar-refractivity contribution in [3.8, 4) is 11.5 Å². The molecule has 0 fully saturated rings. The summed E-state index contributed by atoms with van der Waals surface area (Å²) in [7, 11) is 0. The monoisotopic (exact) mass is 543 g/mol. The molecule has 0 saturated carbocycles. The van der Waals surface area contributed by atoms with Crippen LogP contribution in [0.15, 0.2) is 54.6 Å². The van der Waals surface area contributed by atoms with E-state index in [4.69, 9.17) is 0 Å². The molecule has 0 aliphatic carbocycles. The van der Waals surface area contributed by atoms with Crippen molar-refractivity contribution in [2.75, 3.05) is 0 Å². The lowest BCUT2D eigenvalue weighted by Gasteiger charge is -2.31. The van der Waals surface area contributed by atoms with Crippen LogP contribution in [0.5, 0.6) is 11.5 Å². The van der Waals surface area contributed by atoms with Gasteiger partial charge in [0.25, 0.3) is 0 Å². The van der Waals surface area contributed by atoms with Gasteiger partial charge >= 0.3 is 0 Å². The van der Waals surface area contributed by atoms with Crippen molar-refractivity contribution in [2.24, 2.45) is 0 Å². The average molecular weight is 544 g/mol.